The van der Waals surface area contributed by atoms with Gasteiger partial charge in [0, 0.05) is 22.1 Å². The first-order chi connectivity index (χ1) is 25.8. The van der Waals surface area contributed by atoms with E-state index in [0.717, 1.165) is 67.6 Å². The molecule has 9 rings (SSSR count). The van der Waals surface area contributed by atoms with Gasteiger partial charge in [-0.15, -0.1) is 0 Å². The molecule has 264 valence electrons. The Morgan fingerprint density at radius 1 is 0.321 bits per heavy atom. The van der Waals surface area contributed by atoms with Crippen LogP contribution in [0.3, 0.4) is 0 Å². The SMILES string of the molecule is C1=Cc2cc3ccc(cc4nc(cc5ccc(cc1n2)[nH]5)C=C4)[nH]3.Nc1cc[c]([Pd]([c]2ccc(N)cc2)([c]2ccc(N)cc2)[c]2ccc(N)cc2)cc1. The van der Waals surface area contributed by atoms with Gasteiger partial charge in [0.25, 0.3) is 0 Å². The molecule has 0 atom stereocenters. The molecular formula is C44H38N8Pd. The van der Waals surface area contributed by atoms with Gasteiger partial charge in [0.1, 0.15) is 0 Å². The van der Waals surface area contributed by atoms with Gasteiger partial charge >= 0.3 is 174 Å². The summed E-state index contributed by atoms with van der Waals surface area (Å²) < 4.78 is 4.96. The van der Waals surface area contributed by atoms with Crippen molar-refractivity contribution < 1.29 is 15.5 Å². The quantitative estimate of drug-likeness (QED) is 0.0892. The van der Waals surface area contributed by atoms with Gasteiger partial charge in [0.2, 0.25) is 0 Å². The maximum absolute atomic E-state index is 6.01. The standard InChI is InChI=1S/C20H14N4.4C6H6N.Pd/c1-2-14-10-16-5-6-18(23-16)12-20-8-7-19(24-20)11-17-4-3-15(22-17)9-13(1)21-14;4*7-6-4-2-1-3-5-6;/h1-12,21,24H;4*2-5H,7H2;. The van der Waals surface area contributed by atoms with Crippen molar-refractivity contribution in [3.05, 3.63) is 168 Å². The third-order valence-electron chi connectivity index (χ3n) is 8.54. The molecule has 0 fully saturated rings. The number of H-pyrrole nitrogens is 2. The molecule has 53 heavy (non-hydrogen) atoms. The van der Waals surface area contributed by atoms with Gasteiger partial charge in [-0.1, -0.05) is 0 Å². The van der Waals surface area contributed by atoms with Crippen LogP contribution in [0.15, 0.2) is 146 Å². The Balaban J connectivity index is 0.000000153. The first-order valence-electron chi connectivity index (χ1n) is 16.9. The molecule has 0 spiro atoms. The second kappa shape index (κ2) is 14.2. The van der Waals surface area contributed by atoms with Crippen molar-refractivity contribution >= 4 is 85.3 Å². The van der Waals surface area contributed by atoms with Gasteiger partial charge < -0.3 is 9.97 Å². The summed E-state index contributed by atoms with van der Waals surface area (Å²) in [6, 6.07) is 49.2. The molecule has 0 aliphatic carbocycles. The number of anilines is 4. The van der Waals surface area contributed by atoms with Gasteiger partial charge in [0.05, 0.1) is 22.8 Å². The van der Waals surface area contributed by atoms with E-state index in [1.807, 2.05) is 97.1 Å². The number of hydrogen-bond donors (Lipinski definition) is 6. The van der Waals surface area contributed by atoms with Crippen LogP contribution in [-0.4, -0.2) is 19.9 Å². The molecule has 7 aromatic rings. The van der Waals surface area contributed by atoms with E-state index in [9.17, 15) is 0 Å². The number of hydrogen-bond acceptors (Lipinski definition) is 6. The molecule has 8 nitrogen and oxygen atoms in total. The third kappa shape index (κ3) is 7.12. The number of fused-ring (bicyclic) bond motifs is 8. The number of nitrogens with two attached hydrogens (primary N) is 4. The molecule has 0 amide bonds. The molecule has 0 radical (unpaired) electrons. The molecule has 5 heterocycles. The van der Waals surface area contributed by atoms with Crippen LogP contribution < -0.4 is 39.1 Å². The van der Waals surface area contributed by atoms with Gasteiger partial charge in [0.15, 0.2) is 0 Å². The fourth-order valence-corrected chi connectivity index (χ4v) is 13.3. The predicted molar refractivity (Wildman–Crippen MR) is 221 cm³/mol. The van der Waals surface area contributed by atoms with Crippen molar-refractivity contribution in [3.8, 4) is 0 Å². The minimum absolute atomic E-state index is 0.741. The molecule has 9 heteroatoms. The summed E-state index contributed by atoms with van der Waals surface area (Å²) in [5.74, 6) is 0. The van der Waals surface area contributed by atoms with Crippen molar-refractivity contribution in [1.82, 2.24) is 19.9 Å². The molecule has 3 aromatic heterocycles. The topological polar surface area (TPSA) is 161 Å². The molecule has 2 aliphatic heterocycles. The number of rotatable bonds is 4. The van der Waals surface area contributed by atoms with E-state index in [-0.39, 0.29) is 0 Å². The van der Waals surface area contributed by atoms with Crippen LogP contribution in [0.1, 0.15) is 22.8 Å². The van der Waals surface area contributed by atoms with Crippen LogP contribution in [0.5, 0.6) is 0 Å². The first-order valence-corrected chi connectivity index (χ1v) is 20.0. The molecule has 10 N–H and O–H groups in total. The van der Waals surface area contributed by atoms with Gasteiger partial charge in [-0.3, -0.25) is 0 Å². The molecular weight excluding hydrogens is 747 g/mol. The zero-order valence-corrected chi connectivity index (χ0v) is 30.2. The number of aromatic amines is 2. The minimum atomic E-state index is -2.78. The van der Waals surface area contributed by atoms with Crippen LogP contribution in [0.2, 0.25) is 0 Å². The number of aromatic nitrogens is 4. The van der Waals surface area contributed by atoms with Crippen LogP contribution in [0, 0.1) is 0 Å². The maximum atomic E-state index is 6.01. The first kappa shape index (κ1) is 33.5. The number of benzene rings is 4. The summed E-state index contributed by atoms with van der Waals surface area (Å²) in [4.78, 5) is 16.0. The van der Waals surface area contributed by atoms with E-state index in [1.165, 1.54) is 16.1 Å². The van der Waals surface area contributed by atoms with Crippen LogP contribution in [0.4, 0.5) is 22.7 Å². The Morgan fingerprint density at radius 3 is 0.774 bits per heavy atom. The van der Waals surface area contributed by atoms with E-state index < -0.39 is 15.5 Å². The number of nitrogen functional groups attached to an aromatic ring is 4. The van der Waals surface area contributed by atoms with Crippen molar-refractivity contribution in [3.63, 3.8) is 0 Å². The fraction of sp³-hybridized carbons (Fsp3) is 0. The second-order valence-corrected chi connectivity index (χ2v) is 18.4. The van der Waals surface area contributed by atoms with Crippen molar-refractivity contribution in [1.29, 1.82) is 0 Å². The number of nitrogens with one attached hydrogen (secondary N) is 2. The van der Waals surface area contributed by atoms with Crippen LogP contribution in [-0.2, 0) is 15.5 Å². The third-order valence-corrected chi connectivity index (χ3v) is 16.0. The molecule has 0 unspecified atom stereocenters. The summed E-state index contributed by atoms with van der Waals surface area (Å²) in [6.45, 7) is 0. The van der Waals surface area contributed by atoms with Gasteiger partial charge in [-0.2, -0.15) is 0 Å². The summed E-state index contributed by atoms with van der Waals surface area (Å²) in [7, 11) is 0. The monoisotopic (exact) mass is 784 g/mol. The molecule has 8 bridgehead atoms. The van der Waals surface area contributed by atoms with E-state index in [4.69, 9.17) is 22.9 Å². The summed E-state index contributed by atoms with van der Waals surface area (Å²) >= 11 is -2.78. The zero-order valence-electron chi connectivity index (χ0n) is 28.7. The zero-order chi connectivity index (χ0) is 36.4. The van der Waals surface area contributed by atoms with Crippen molar-refractivity contribution in [2.75, 3.05) is 22.9 Å². The van der Waals surface area contributed by atoms with Crippen LogP contribution >= 0.6 is 0 Å². The Hall–Kier alpha value is -6.66. The summed E-state index contributed by atoms with van der Waals surface area (Å²) in [5.41, 5.74) is 34.9. The van der Waals surface area contributed by atoms with Gasteiger partial charge in [-0.25, -0.2) is 9.97 Å². The van der Waals surface area contributed by atoms with Gasteiger partial charge in [-0.05, 0) is 72.8 Å². The van der Waals surface area contributed by atoms with E-state index in [0.29, 0.717) is 0 Å². The summed E-state index contributed by atoms with van der Waals surface area (Å²) in [5, 5.41) is 0. The van der Waals surface area contributed by atoms with Crippen molar-refractivity contribution in [2.24, 2.45) is 0 Å². The molecule has 4 aromatic carbocycles. The Morgan fingerprint density at radius 2 is 0.547 bits per heavy atom. The number of nitrogens with zero attached hydrogens (tertiary/aromatic N) is 2. The predicted octanol–water partition coefficient (Wildman–Crippen LogP) is 6.43. The molecule has 2 aliphatic rings. The van der Waals surface area contributed by atoms with E-state index in [2.05, 4.69) is 92.7 Å². The Kier molecular flexibility index (Phi) is 8.95. The average Bonchev–Trinajstić information content (AvgIpc) is 3.99. The Bertz CT molecular complexity index is 2270. The fourth-order valence-electron chi connectivity index (χ4n) is 6.02. The normalized spacial score (nSPS) is 12.2. The molecule has 0 saturated carbocycles. The molecule has 0 saturated heterocycles. The van der Waals surface area contributed by atoms with E-state index >= 15 is 0 Å². The van der Waals surface area contributed by atoms with Crippen molar-refractivity contribution in [2.45, 2.75) is 0 Å². The second-order valence-electron chi connectivity index (χ2n) is 12.4. The Labute approximate surface area is 310 Å². The average molecular weight is 785 g/mol. The van der Waals surface area contributed by atoms with E-state index in [1.54, 1.807) is 0 Å². The van der Waals surface area contributed by atoms with Crippen LogP contribution in [0.25, 0.3) is 46.4 Å². The summed E-state index contributed by atoms with van der Waals surface area (Å²) in [6.07, 6.45) is 8.09.